The van der Waals surface area contributed by atoms with Gasteiger partial charge in [-0.25, -0.2) is 4.98 Å². The van der Waals surface area contributed by atoms with Crippen molar-refractivity contribution in [2.45, 2.75) is 41.2 Å². The van der Waals surface area contributed by atoms with Gasteiger partial charge < -0.3 is 10.6 Å². The number of hydrogen-bond donors (Lipinski definition) is 2. The maximum Gasteiger partial charge on any atom is 0.225 e. The van der Waals surface area contributed by atoms with Crippen molar-refractivity contribution in [3.8, 4) is 0 Å². The first-order chi connectivity index (χ1) is 12.6. The highest BCUT2D eigenvalue weighted by Gasteiger charge is 2.03. The Morgan fingerprint density at radius 2 is 1.77 bits per heavy atom. The minimum absolute atomic E-state index is 0.604. The van der Waals surface area contributed by atoms with Gasteiger partial charge in [-0.3, -0.25) is 0 Å². The lowest BCUT2D eigenvalue weighted by atomic mass is 10.2. The Kier molecular flexibility index (Phi) is 9.47. The minimum Gasteiger partial charge on any atom is -0.350 e. The Morgan fingerprint density at radius 3 is 2.38 bits per heavy atom. The van der Waals surface area contributed by atoms with Gasteiger partial charge in [0.15, 0.2) is 0 Å². The smallest absolute Gasteiger partial charge is 0.225 e. The van der Waals surface area contributed by atoms with Crippen LogP contribution < -0.4 is 10.6 Å². The Balaban J connectivity index is 0.00000163. The zero-order chi connectivity index (χ0) is 19.4. The number of aromatic nitrogens is 2. The van der Waals surface area contributed by atoms with Gasteiger partial charge in [-0.15, -0.1) is 0 Å². The molecule has 2 N–H and O–H groups in total. The van der Waals surface area contributed by atoms with E-state index in [4.69, 9.17) is 0 Å². The van der Waals surface area contributed by atoms with Crippen LogP contribution in [0, 0.1) is 6.92 Å². The Morgan fingerprint density at radius 1 is 1.08 bits per heavy atom. The van der Waals surface area contributed by atoms with Crippen molar-refractivity contribution in [1.29, 1.82) is 0 Å². The molecule has 0 aliphatic rings. The van der Waals surface area contributed by atoms with E-state index < -0.39 is 0 Å². The molecule has 0 amide bonds. The van der Waals surface area contributed by atoms with Crippen LogP contribution in [0.1, 0.15) is 39.0 Å². The summed E-state index contributed by atoms with van der Waals surface area (Å²) in [5.74, 6) is 1.35. The standard InChI is InChI=1S/C20H24N4.C2H6/c1-5-18(12-11-15(2)3)23-19-13-16(4)22-20(24-19)21-14-17-9-7-6-8-10-17;1-2/h5-13H,1,14H2,2-4H3,(H2,21,22,23,24);1-2H3/b18-12+;. The molecule has 4 heteroatoms. The monoisotopic (exact) mass is 350 g/mol. The molecule has 26 heavy (non-hydrogen) atoms. The third kappa shape index (κ3) is 7.79. The number of anilines is 2. The number of allylic oxidation sites excluding steroid dienone is 4. The summed E-state index contributed by atoms with van der Waals surface area (Å²) in [5.41, 5.74) is 4.20. The van der Waals surface area contributed by atoms with Gasteiger partial charge in [0, 0.05) is 24.0 Å². The van der Waals surface area contributed by atoms with Crippen molar-refractivity contribution in [2.75, 3.05) is 10.6 Å². The molecule has 2 aromatic rings. The highest BCUT2D eigenvalue weighted by Crippen LogP contribution is 2.13. The lowest BCUT2D eigenvalue weighted by Gasteiger charge is -2.10. The van der Waals surface area contributed by atoms with Crippen molar-refractivity contribution >= 4 is 11.8 Å². The first kappa shape index (κ1) is 21.2. The number of aryl methyl sites for hydroxylation is 1. The highest BCUT2D eigenvalue weighted by molar-refractivity contribution is 5.49. The molecule has 1 aromatic carbocycles. The topological polar surface area (TPSA) is 49.8 Å². The van der Waals surface area contributed by atoms with Gasteiger partial charge >= 0.3 is 0 Å². The summed E-state index contributed by atoms with van der Waals surface area (Å²) in [6.45, 7) is 14.6. The van der Waals surface area contributed by atoms with Crippen LogP contribution in [-0.4, -0.2) is 9.97 Å². The van der Waals surface area contributed by atoms with E-state index in [2.05, 4.69) is 53.2 Å². The van der Waals surface area contributed by atoms with Gasteiger partial charge in [0.2, 0.25) is 5.95 Å². The van der Waals surface area contributed by atoms with E-state index in [1.807, 2.05) is 57.2 Å². The summed E-state index contributed by atoms with van der Waals surface area (Å²) >= 11 is 0. The molecule has 2 rings (SSSR count). The summed E-state index contributed by atoms with van der Waals surface area (Å²) in [5, 5.41) is 6.54. The predicted octanol–water partition coefficient (Wildman–Crippen LogP) is 5.87. The van der Waals surface area contributed by atoms with E-state index in [9.17, 15) is 0 Å². The Labute approximate surface area is 157 Å². The van der Waals surface area contributed by atoms with Gasteiger partial charge in [-0.2, -0.15) is 4.98 Å². The van der Waals surface area contributed by atoms with E-state index in [-0.39, 0.29) is 0 Å². The molecule has 1 heterocycles. The van der Waals surface area contributed by atoms with Gasteiger partial charge in [0.25, 0.3) is 0 Å². The lowest BCUT2D eigenvalue weighted by molar-refractivity contribution is 1.03. The zero-order valence-electron chi connectivity index (χ0n) is 16.5. The quantitative estimate of drug-likeness (QED) is 0.613. The van der Waals surface area contributed by atoms with E-state index >= 15 is 0 Å². The van der Waals surface area contributed by atoms with Crippen LogP contribution in [0.5, 0.6) is 0 Å². The molecule has 0 saturated heterocycles. The van der Waals surface area contributed by atoms with Crippen molar-refractivity contribution in [3.63, 3.8) is 0 Å². The number of hydrogen-bond acceptors (Lipinski definition) is 4. The van der Waals surface area contributed by atoms with E-state index in [1.165, 1.54) is 11.1 Å². The largest absolute Gasteiger partial charge is 0.350 e. The summed E-state index contributed by atoms with van der Waals surface area (Å²) in [6, 6.07) is 12.1. The molecule has 1 aromatic heterocycles. The van der Waals surface area contributed by atoms with Crippen LogP contribution in [0.4, 0.5) is 11.8 Å². The molecule has 0 atom stereocenters. The summed E-state index contributed by atoms with van der Waals surface area (Å²) in [7, 11) is 0. The van der Waals surface area contributed by atoms with E-state index in [0.29, 0.717) is 12.5 Å². The van der Waals surface area contributed by atoms with Crippen LogP contribution in [0.2, 0.25) is 0 Å². The molecule has 4 nitrogen and oxygen atoms in total. The first-order valence-electron chi connectivity index (χ1n) is 8.95. The predicted molar refractivity (Wildman–Crippen MR) is 113 cm³/mol. The molecular weight excluding hydrogens is 320 g/mol. The van der Waals surface area contributed by atoms with Crippen LogP contribution in [0.25, 0.3) is 0 Å². The van der Waals surface area contributed by atoms with Gasteiger partial charge in [0.05, 0.1) is 0 Å². The van der Waals surface area contributed by atoms with Crippen LogP contribution in [0.3, 0.4) is 0 Å². The molecule has 0 unspecified atom stereocenters. The van der Waals surface area contributed by atoms with Gasteiger partial charge in [0.1, 0.15) is 5.82 Å². The highest BCUT2D eigenvalue weighted by atomic mass is 15.1. The number of nitrogens with one attached hydrogen (secondary N) is 2. The second-order valence-electron chi connectivity index (χ2n) is 5.75. The summed E-state index contributed by atoms with van der Waals surface area (Å²) in [6.07, 6.45) is 5.79. The van der Waals surface area contributed by atoms with Crippen molar-refractivity contribution in [3.05, 3.63) is 83.7 Å². The second kappa shape index (κ2) is 11.6. The first-order valence-corrected chi connectivity index (χ1v) is 8.95. The fourth-order valence-electron chi connectivity index (χ4n) is 2.05. The van der Waals surface area contributed by atoms with E-state index in [1.54, 1.807) is 6.08 Å². The van der Waals surface area contributed by atoms with Gasteiger partial charge in [-0.1, -0.05) is 62.4 Å². The third-order valence-corrected chi connectivity index (χ3v) is 3.24. The van der Waals surface area contributed by atoms with Crippen molar-refractivity contribution in [1.82, 2.24) is 9.97 Å². The minimum atomic E-state index is 0.604. The van der Waals surface area contributed by atoms with Crippen LogP contribution >= 0.6 is 0 Å². The van der Waals surface area contributed by atoms with Crippen LogP contribution in [-0.2, 0) is 6.54 Å². The number of benzene rings is 1. The third-order valence-electron chi connectivity index (χ3n) is 3.24. The molecule has 0 bridgehead atoms. The molecule has 138 valence electrons. The lowest BCUT2D eigenvalue weighted by Crippen LogP contribution is -2.07. The summed E-state index contributed by atoms with van der Waals surface area (Å²) in [4.78, 5) is 8.96. The number of rotatable bonds is 7. The molecule has 0 aliphatic heterocycles. The maximum atomic E-state index is 4.52. The molecular formula is C22H30N4. The van der Waals surface area contributed by atoms with Crippen molar-refractivity contribution in [2.24, 2.45) is 0 Å². The summed E-state index contributed by atoms with van der Waals surface area (Å²) < 4.78 is 0. The molecule has 0 fully saturated rings. The Bertz CT molecular complexity index is 742. The fourth-order valence-corrected chi connectivity index (χ4v) is 2.05. The SMILES string of the molecule is C=C/C(=C\C=C(C)C)Nc1cc(C)nc(NCc2ccccc2)n1.CC. The second-order valence-corrected chi connectivity index (χ2v) is 5.75. The molecule has 0 radical (unpaired) electrons. The molecule has 0 aliphatic carbocycles. The Hall–Kier alpha value is -2.88. The van der Waals surface area contributed by atoms with Crippen LogP contribution in [0.15, 0.2) is 72.5 Å². The fraction of sp³-hybridized carbons (Fsp3) is 0.273. The number of nitrogens with zero attached hydrogens (tertiary/aromatic N) is 2. The maximum absolute atomic E-state index is 4.52. The molecule has 0 saturated carbocycles. The normalized spacial score (nSPS) is 10.3. The average Bonchev–Trinajstić information content (AvgIpc) is 2.65. The molecule has 0 spiro atoms. The van der Waals surface area contributed by atoms with Gasteiger partial charge in [-0.05, 0) is 38.5 Å². The van der Waals surface area contributed by atoms with Crippen molar-refractivity contribution < 1.29 is 0 Å². The zero-order valence-corrected chi connectivity index (χ0v) is 16.5. The average molecular weight is 351 g/mol. The van der Waals surface area contributed by atoms with E-state index in [0.717, 1.165) is 17.2 Å².